The molecule has 2 unspecified atom stereocenters. The van der Waals surface area contributed by atoms with Gasteiger partial charge in [0, 0.05) is 27.9 Å². The second kappa shape index (κ2) is 5.65. The molecule has 0 aliphatic heterocycles. The van der Waals surface area contributed by atoms with Crippen LogP contribution in [0.1, 0.15) is 13.8 Å². The van der Waals surface area contributed by atoms with E-state index >= 15 is 0 Å². The largest absolute Gasteiger partial charge is 0.399 e. The van der Waals surface area contributed by atoms with Gasteiger partial charge in [-0.3, -0.25) is 9.00 Å². The third-order valence-electron chi connectivity index (χ3n) is 2.20. The van der Waals surface area contributed by atoms with Gasteiger partial charge < -0.3 is 11.1 Å². The number of nitrogens with one attached hydrogen (secondary N) is 1. The quantitative estimate of drug-likeness (QED) is 0.781. The highest BCUT2D eigenvalue weighted by Crippen LogP contribution is 2.12. The van der Waals surface area contributed by atoms with E-state index in [1.165, 1.54) is 0 Å². The van der Waals surface area contributed by atoms with Crippen LogP contribution in [0.2, 0.25) is 0 Å². The van der Waals surface area contributed by atoms with Crippen LogP contribution in [-0.4, -0.2) is 21.1 Å². The maximum atomic E-state index is 11.7. The third-order valence-corrected chi connectivity index (χ3v) is 3.77. The smallest absolute Gasteiger partial charge is 0.239 e. The van der Waals surface area contributed by atoms with Gasteiger partial charge in [0.15, 0.2) is 0 Å². The number of amides is 1. The molecular formula is C11H16N2O2S. The molecule has 0 saturated carbocycles. The molecule has 5 heteroatoms. The Balaban J connectivity index is 2.68. The lowest BCUT2D eigenvalue weighted by atomic mass is 10.3. The molecule has 0 heterocycles. The maximum Gasteiger partial charge on any atom is 0.239 e. The van der Waals surface area contributed by atoms with E-state index in [1.54, 1.807) is 38.1 Å². The molecule has 0 aliphatic carbocycles. The van der Waals surface area contributed by atoms with Crippen molar-refractivity contribution in [1.29, 1.82) is 0 Å². The maximum absolute atomic E-state index is 11.7. The molecular weight excluding hydrogens is 224 g/mol. The summed E-state index contributed by atoms with van der Waals surface area (Å²) in [6, 6.07) is 6.91. The zero-order valence-corrected chi connectivity index (χ0v) is 10.2. The van der Waals surface area contributed by atoms with Crippen LogP contribution < -0.4 is 11.1 Å². The summed E-state index contributed by atoms with van der Waals surface area (Å²) in [6.07, 6.45) is 0. The molecule has 16 heavy (non-hydrogen) atoms. The van der Waals surface area contributed by atoms with Crippen LogP contribution in [0, 0.1) is 0 Å². The van der Waals surface area contributed by atoms with Crippen molar-refractivity contribution in [1.82, 2.24) is 0 Å². The fourth-order valence-corrected chi connectivity index (χ4v) is 2.03. The predicted octanol–water partition coefficient (Wildman–Crippen LogP) is 1.36. The molecule has 1 aromatic carbocycles. The molecule has 0 fully saturated rings. The molecule has 0 bridgehead atoms. The number of nitrogen functional groups attached to an aromatic ring is 1. The minimum Gasteiger partial charge on any atom is -0.399 e. The topological polar surface area (TPSA) is 72.2 Å². The third kappa shape index (κ3) is 3.34. The molecule has 0 radical (unpaired) electrons. The standard InChI is InChI=1S/C11H16N2O2S/c1-3-16(15)8(2)11(14)13-10-6-4-5-9(12)7-10/h4-8H,3,12H2,1-2H3,(H,13,14). The van der Waals surface area contributed by atoms with Crippen LogP contribution in [0.25, 0.3) is 0 Å². The summed E-state index contributed by atoms with van der Waals surface area (Å²) in [4.78, 5) is 11.7. The van der Waals surface area contributed by atoms with Gasteiger partial charge in [-0.15, -0.1) is 0 Å². The van der Waals surface area contributed by atoms with Crippen LogP contribution in [0.3, 0.4) is 0 Å². The SMILES string of the molecule is CCS(=O)C(C)C(=O)Nc1cccc(N)c1. The average Bonchev–Trinajstić information content (AvgIpc) is 2.27. The van der Waals surface area contributed by atoms with E-state index in [1.807, 2.05) is 0 Å². The molecule has 0 saturated heterocycles. The van der Waals surface area contributed by atoms with Crippen molar-refractivity contribution in [3.63, 3.8) is 0 Å². The van der Waals surface area contributed by atoms with Gasteiger partial charge in [0.05, 0.1) is 0 Å². The predicted molar refractivity (Wildman–Crippen MR) is 67.6 cm³/mol. The Morgan fingerprint density at radius 2 is 2.25 bits per heavy atom. The normalized spacial score (nSPS) is 14.1. The Hall–Kier alpha value is -1.36. The van der Waals surface area contributed by atoms with Crippen molar-refractivity contribution in [2.24, 2.45) is 0 Å². The van der Waals surface area contributed by atoms with Crippen molar-refractivity contribution in [2.75, 3.05) is 16.8 Å². The summed E-state index contributed by atoms with van der Waals surface area (Å²) in [5.41, 5.74) is 6.80. The lowest BCUT2D eigenvalue weighted by Crippen LogP contribution is -2.29. The first kappa shape index (κ1) is 12.7. The van der Waals surface area contributed by atoms with Gasteiger partial charge >= 0.3 is 0 Å². The molecule has 2 atom stereocenters. The molecule has 1 aromatic rings. The second-order valence-electron chi connectivity index (χ2n) is 3.43. The number of carbonyl (C=O) groups excluding carboxylic acids is 1. The number of hydrogen-bond donors (Lipinski definition) is 2. The highest BCUT2D eigenvalue weighted by Gasteiger charge is 2.18. The molecule has 1 rings (SSSR count). The Morgan fingerprint density at radius 1 is 1.56 bits per heavy atom. The molecule has 0 aromatic heterocycles. The van der Waals surface area contributed by atoms with E-state index in [0.717, 1.165) is 0 Å². The van der Waals surface area contributed by atoms with Gasteiger partial charge in [-0.25, -0.2) is 0 Å². The number of anilines is 2. The van der Waals surface area contributed by atoms with E-state index < -0.39 is 16.0 Å². The van der Waals surface area contributed by atoms with Crippen molar-refractivity contribution >= 4 is 28.1 Å². The number of carbonyl (C=O) groups is 1. The Morgan fingerprint density at radius 3 is 2.81 bits per heavy atom. The van der Waals surface area contributed by atoms with Gasteiger partial charge in [0.1, 0.15) is 5.25 Å². The lowest BCUT2D eigenvalue weighted by Gasteiger charge is -2.11. The molecule has 0 aliphatic rings. The molecule has 3 N–H and O–H groups in total. The van der Waals surface area contributed by atoms with Crippen molar-refractivity contribution in [2.45, 2.75) is 19.1 Å². The molecule has 0 spiro atoms. The van der Waals surface area contributed by atoms with E-state index in [2.05, 4.69) is 5.32 Å². The minimum atomic E-state index is -1.12. The zero-order chi connectivity index (χ0) is 12.1. The summed E-state index contributed by atoms with van der Waals surface area (Å²) in [5, 5.41) is 2.18. The van der Waals surface area contributed by atoms with Crippen molar-refractivity contribution in [3.8, 4) is 0 Å². The molecule has 1 amide bonds. The fraction of sp³-hybridized carbons (Fsp3) is 0.364. The minimum absolute atomic E-state index is 0.245. The first-order valence-electron chi connectivity index (χ1n) is 5.08. The van der Waals surface area contributed by atoms with Gasteiger partial charge in [0.25, 0.3) is 0 Å². The molecule has 4 nitrogen and oxygen atoms in total. The van der Waals surface area contributed by atoms with Crippen molar-refractivity contribution < 1.29 is 9.00 Å². The van der Waals surface area contributed by atoms with E-state index in [4.69, 9.17) is 5.73 Å². The summed E-state index contributed by atoms with van der Waals surface area (Å²) in [5.74, 6) is 0.233. The summed E-state index contributed by atoms with van der Waals surface area (Å²) < 4.78 is 11.4. The Labute approximate surface area is 97.7 Å². The van der Waals surface area contributed by atoms with Gasteiger partial charge in [0.2, 0.25) is 5.91 Å². The fourth-order valence-electron chi connectivity index (χ4n) is 1.23. The van der Waals surface area contributed by atoms with E-state index in [9.17, 15) is 9.00 Å². The number of hydrogen-bond acceptors (Lipinski definition) is 3. The van der Waals surface area contributed by atoms with Gasteiger partial charge in [-0.2, -0.15) is 0 Å². The van der Waals surface area contributed by atoms with Crippen molar-refractivity contribution in [3.05, 3.63) is 24.3 Å². The van der Waals surface area contributed by atoms with E-state index in [0.29, 0.717) is 17.1 Å². The second-order valence-corrected chi connectivity index (χ2v) is 5.47. The lowest BCUT2D eigenvalue weighted by molar-refractivity contribution is -0.115. The first-order valence-corrected chi connectivity index (χ1v) is 6.46. The van der Waals surface area contributed by atoms with Gasteiger partial charge in [-0.1, -0.05) is 13.0 Å². The number of benzene rings is 1. The van der Waals surface area contributed by atoms with Crippen LogP contribution in [-0.2, 0) is 15.6 Å². The van der Waals surface area contributed by atoms with Crippen LogP contribution in [0.4, 0.5) is 11.4 Å². The van der Waals surface area contributed by atoms with Gasteiger partial charge in [-0.05, 0) is 25.1 Å². The van der Waals surface area contributed by atoms with Crippen LogP contribution in [0.5, 0.6) is 0 Å². The first-order chi connectivity index (χ1) is 7.54. The average molecular weight is 240 g/mol. The number of nitrogens with two attached hydrogens (primary N) is 1. The zero-order valence-electron chi connectivity index (χ0n) is 9.40. The summed E-state index contributed by atoms with van der Waals surface area (Å²) >= 11 is 0. The molecule has 88 valence electrons. The highest BCUT2D eigenvalue weighted by atomic mass is 32.2. The Bertz CT molecular complexity index is 407. The van der Waals surface area contributed by atoms with Crippen LogP contribution >= 0.6 is 0 Å². The summed E-state index contributed by atoms with van der Waals surface area (Å²) in [6.45, 7) is 3.45. The van der Waals surface area contributed by atoms with Crippen LogP contribution in [0.15, 0.2) is 24.3 Å². The summed E-state index contributed by atoms with van der Waals surface area (Å²) in [7, 11) is -1.12. The monoisotopic (exact) mass is 240 g/mol. The van der Waals surface area contributed by atoms with E-state index in [-0.39, 0.29) is 5.91 Å². The Kier molecular flexibility index (Phi) is 4.49. The highest BCUT2D eigenvalue weighted by molar-refractivity contribution is 7.86. The number of rotatable bonds is 4.